The lowest BCUT2D eigenvalue weighted by Gasteiger charge is -2.30. The van der Waals surface area contributed by atoms with E-state index in [-0.39, 0.29) is 16.6 Å². The third-order valence-electron chi connectivity index (χ3n) is 1.61. The molecule has 12 heavy (non-hydrogen) atoms. The molecule has 0 bridgehead atoms. The minimum atomic E-state index is -0.296. The van der Waals surface area contributed by atoms with Crippen molar-refractivity contribution >= 4 is 18.4 Å². The quantitative estimate of drug-likeness (QED) is 0.658. The number of hydrogen-bond donors (Lipinski definition) is 2. The maximum absolute atomic E-state index is 11.2. The van der Waals surface area contributed by atoms with Gasteiger partial charge in [-0.15, -0.1) is 0 Å². The highest BCUT2D eigenvalue weighted by Crippen LogP contribution is 2.18. The molecular weight excluding hydrogens is 170 g/mol. The molecule has 0 aliphatic rings. The summed E-state index contributed by atoms with van der Waals surface area (Å²) in [4.78, 5) is 11.2. The van der Waals surface area contributed by atoms with Crippen LogP contribution in [0.25, 0.3) is 0 Å². The van der Waals surface area contributed by atoms with Crippen molar-refractivity contribution in [1.82, 2.24) is 5.32 Å². The molecule has 2 nitrogen and oxygen atoms in total. The van der Waals surface area contributed by atoms with E-state index < -0.39 is 0 Å². The summed E-state index contributed by atoms with van der Waals surface area (Å²) in [7, 11) is 0. The lowest BCUT2D eigenvalue weighted by atomic mass is 9.99. The fraction of sp³-hybridized carbons (Fsp3) is 0.889. The van der Waals surface area contributed by atoms with E-state index in [1.54, 1.807) is 6.92 Å². The Labute approximate surface area is 80.5 Å². The molecule has 0 spiro atoms. The Balaban J connectivity index is 4.35. The molecule has 1 unspecified atom stereocenters. The van der Waals surface area contributed by atoms with E-state index in [9.17, 15) is 4.79 Å². The predicted molar refractivity (Wildman–Crippen MR) is 55.8 cm³/mol. The first-order chi connectivity index (χ1) is 5.25. The third-order valence-corrected chi connectivity index (χ3v) is 1.87. The average Bonchev–Trinajstić information content (AvgIpc) is 1.79. The molecule has 0 saturated heterocycles. The molecule has 0 aromatic carbocycles. The Bertz CT molecular complexity index is 160. The Morgan fingerprint density at radius 2 is 1.83 bits per heavy atom. The molecule has 0 aromatic heterocycles. The second-order valence-electron chi connectivity index (χ2n) is 4.02. The van der Waals surface area contributed by atoms with Gasteiger partial charge in [0.1, 0.15) is 5.78 Å². The van der Waals surface area contributed by atoms with Crippen LogP contribution < -0.4 is 5.32 Å². The second-order valence-corrected chi connectivity index (χ2v) is 5.17. The van der Waals surface area contributed by atoms with Crippen molar-refractivity contribution in [2.75, 3.05) is 0 Å². The van der Waals surface area contributed by atoms with Gasteiger partial charge in [0.25, 0.3) is 0 Å². The van der Waals surface area contributed by atoms with Crippen molar-refractivity contribution in [3.63, 3.8) is 0 Å². The highest BCUT2D eigenvalue weighted by molar-refractivity contribution is 7.81. The van der Waals surface area contributed by atoms with Crippen LogP contribution >= 0.6 is 12.6 Å². The van der Waals surface area contributed by atoms with E-state index in [2.05, 4.69) is 17.9 Å². The number of carbonyl (C=O) groups is 1. The average molecular weight is 189 g/mol. The Kier molecular flexibility index (Phi) is 4.28. The minimum absolute atomic E-state index is 0.142. The third kappa shape index (κ3) is 4.12. The van der Waals surface area contributed by atoms with Crippen molar-refractivity contribution < 1.29 is 4.79 Å². The molecule has 3 heteroatoms. The van der Waals surface area contributed by atoms with E-state index in [0.29, 0.717) is 6.04 Å². The molecule has 0 heterocycles. The summed E-state index contributed by atoms with van der Waals surface area (Å²) in [5.74, 6) is 0.142. The van der Waals surface area contributed by atoms with Gasteiger partial charge in [-0.25, -0.2) is 0 Å². The first-order valence-electron chi connectivity index (χ1n) is 4.24. The van der Waals surface area contributed by atoms with Gasteiger partial charge in [0, 0.05) is 10.8 Å². The highest BCUT2D eigenvalue weighted by Gasteiger charge is 2.29. The number of rotatable bonds is 4. The molecule has 0 aromatic rings. The van der Waals surface area contributed by atoms with Crippen molar-refractivity contribution in [2.24, 2.45) is 0 Å². The van der Waals surface area contributed by atoms with Gasteiger partial charge in [-0.3, -0.25) is 4.79 Å². The monoisotopic (exact) mass is 189 g/mol. The molecule has 1 N–H and O–H groups in total. The highest BCUT2D eigenvalue weighted by atomic mass is 32.1. The van der Waals surface area contributed by atoms with Crippen LogP contribution in [0.1, 0.15) is 34.6 Å². The molecule has 0 aliphatic carbocycles. The van der Waals surface area contributed by atoms with Crippen LogP contribution in [0.2, 0.25) is 0 Å². The van der Waals surface area contributed by atoms with E-state index in [4.69, 9.17) is 0 Å². The van der Waals surface area contributed by atoms with Crippen LogP contribution in [0.4, 0.5) is 0 Å². The van der Waals surface area contributed by atoms with Gasteiger partial charge in [-0.05, 0) is 20.8 Å². The standard InChI is InChI=1S/C9H19NOS/c1-6(2)10-8(7(3)11)9(4,5)12/h6,8,10,12H,1-5H3. The summed E-state index contributed by atoms with van der Waals surface area (Å²) in [6.45, 7) is 9.53. The lowest BCUT2D eigenvalue weighted by molar-refractivity contribution is -0.119. The zero-order valence-corrected chi connectivity index (χ0v) is 9.40. The lowest BCUT2D eigenvalue weighted by Crippen LogP contribution is -2.50. The van der Waals surface area contributed by atoms with E-state index in [0.717, 1.165) is 0 Å². The number of ketones is 1. The number of Topliss-reactive ketones (excluding diaryl/α,β-unsaturated/α-hetero) is 1. The molecule has 0 aliphatic heterocycles. The van der Waals surface area contributed by atoms with Crippen LogP contribution in [-0.2, 0) is 4.79 Å². The topological polar surface area (TPSA) is 29.1 Å². The summed E-state index contributed by atoms with van der Waals surface area (Å²) in [5, 5.41) is 3.19. The summed E-state index contributed by atoms with van der Waals surface area (Å²) in [5.41, 5.74) is 0. The predicted octanol–water partition coefficient (Wildman–Crippen LogP) is 1.65. The van der Waals surface area contributed by atoms with Crippen LogP contribution in [-0.4, -0.2) is 22.6 Å². The smallest absolute Gasteiger partial charge is 0.148 e. The number of nitrogens with one attached hydrogen (secondary N) is 1. The van der Waals surface area contributed by atoms with Crippen molar-refractivity contribution in [1.29, 1.82) is 0 Å². The molecule has 72 valence electrons. The molecule has 0 amide bonds. The maximum atomic E-state index is 11.2. The van der Waals surface area contributed by atoms with Crippen LogP contribution in [0.15, 0.2) is 0 Å². The van der Waals surface area contributed by atoms with E-state index in [1.807, 2.05) is 27.7 Å². The molecule has 0 radical (unpaired) electrons. The van der Waals surface area contributed by atoms with Gasteiger partial charge < -0.3 is 5.32 Å². The number of carbonyl (C=O) groups excluding carboxylic acids is 1. The SMILES string of the molecule is CC(=O)C(NC(C)C)C(C)(C)S. The van der Waals surface area contributed by atoms with E-state index >= 15 is 0 Å². The summed E-state index contributed by atoms with van der Waals surface area (Å²) >= 11 is 4.38. The molecule has 1 atom stereocenters. The summed E-state index contributed by atoms with van der Waals surface area (Å²) in [6.07, 6.45) is 0. The first kappa shape index (κ1) is 12.0. The Morgan fingerprint density at radius 3 is 1.92 bits per heavy atom. The first-order valence-corrected chi connectivity index (χ1v) is 4.68. The van der Waals surface area contributed by atoms with Gasteiger partial charge in [0.05, 0.1) is 6.04 Å². The van der Waals surface area contributed by atoms with Crippen molar-refractivity contribution in [3.8, 4) is 0 Å². The summed E-state index contributed by atoms with van der Waals surface area (Å²) < 4.78 is -0.296. The maximum Gasteiger partial charge on any atom is 0.148 e. The second kappa shape index (κ2) is 4.28. The zero-order valence-electron chi connectivity index (χ0n) is 8.51. The van der Waals surface area contributed by atoms with Gasteiger partial charge >= 0.3 is 0 Å². The van der Waals surface area contributed by atoms with Gasteiger partial charge in [0.2, 0.25) is 0 Å². The fourth-order valence-corrected chi connectivity index (χ4v) is 1.41. The minimum Gasteiger partial charge on any atom is -0.304 e. The van der Waals surface area contributed by atoms with Crippen molar-refractivity contribution in [3.05, 3.63) is 0 Å². The molecule has 0 saturated carbocycles. The van der Waals surface area contributed by atoms with E-state index in [1.165, 1.54) is 0 Å². The molecular formula is C9H19NOS. The fourth-order valence-electron chi connectivity index (χ4n) is 1.15. The van der Waals surface area contributed by atoms with Crippen LogP contribution in [0.3, 0.4) is 0 Å². The summed E-state index contributed by atoms with van der Waals surface area (Å²) in [6, 6.07) is 0.145. The molecule has 0 fully saturated rings. The largest absolute Gasteiger partial charge is 0.304 e. The number of hydrogen-bond acceptors (Lipinski definition) is 3. The zero-order chi connectivity index (χ0) is 9.94. The van der Waals surface area contributed by atoms with Gasteiger partial charge in [-0.1, -0.05) is 13.8 Å². The van der Waals surface area contributed by atoms with Crippen LogP contribution in [0.5, 0.6) is 0 Å². The Morgan fingerprint density at radius 1 is 1.42 bits per heavy atom. The van der Waals surface area contributed by atoms with Crippen LogP contribution in [0, 0.1) is 0 Å². The van der Waals surface area contributed by atoms with Crippen molar-refractivity contribution in [2.45, 2.75) is 51.4 Å². The number of thiol groups is 1. The molecule has 0 rings (SSSR count). The van der Waals surface area contributed by atoms with Gasteiger partial charge in [-0.2, -0.15) is 12.6 Å². The normalized spacial score (nSPS) is 14.9. The Hall–Kier alpha value is -0.0200. The van der Waals surface area contributed by atoms with Gasteiger partial charge in [0.15, 0.2) is 0 Å².